The summed E-state index contributed by atoms with van der Waals surface area (Å²) in [5.74, 6) is -2.01. The maximum absolute atomic E-state index is 12.6. The minimum atomic E-state index is -1.24. The fourth-order valence-corrected chi connectivity index (χ4v) is 3.49. The van der Waals surface area contributed by atoms with Crippen LogP contribution >= 0.6 is 11.6 Å². The quantitative estimate of drug-likeness (QED) is 0.233. The van der Waals surface area contributed by atoms with Gasteiger partial charge >= 0.3 is 12.0 Å². The van der Waals surface area contributed by atoms with Gasteiger partial charge in [0.1, 0.15) is 0 Å². The van der Waals surface area contributed by atoms with Gasteiger partial charge in [-0.15, -0.1) is 0 Å². The summed E-state index contributed by atoms with van der Waals surface area (Å²) >= 11 is 5.99. The number of imidazole rings is 1. The number of nitrogens with one attached hydrogen (secondary N) is 5. The minimum Gasteiger partial charge on any atom is -0.481 e. The number of hydrazine groups is 1. The van der Waals surface area contributed by atoms with Crippen molar-refractivity contribution in [3.8, 4) is 0 Å². The van der Waals surface area contributed by atoms with Crippen molar-refractivity contribution in [1.82, 2.24) is 26.1 Å². The van der Waals surface area contributed by atoms with E-state index in [1.165, 1.54) is 0 Å². The molecule has 3 amide bonds. The largest absolute Gasteiger partial charge is 0.481 e. The standard InChI is InChI=1S/C23H25ClN6O5/c1-13(31)19(11-21(33)34)28-23(35)30-29-20(32)10-15(14-6-8-16(24)9-7-14)12-25-22-26-17-4-2-3-5-18(17)27-22/h2-9,15,19H,10-12H2,1H3,(H,29,32)(H,33,34)(H2,25,26,27)(H2,28,30,35)/t15?,19-/m0/s1. The van der Waals surface area contributed by atoms with Gasteiger partial charge in [-0.2, -0.15) is 0 Å². The number of para-hydroxylation sites is 2. The molecule has 1 heterocycles. The number of carboxylic acid groups (broad SMARTS) is 1. The van der Waals surface area contributed by atoms with Crippen LogP contribution in [0.4, 0.5) is 10.7 Å². The first-order chi connectivity index (χ1) is 16.7. The normalized spacial score (nSPS) is 12.4. The third-order valence-corrected chi connectivity index (χ3v) is 5.42. The summed E-state index contributed by atoms with van der Waals surface area (Å²) in [5, 5.41) is 14.8. The number of aromatic nitrogens is 2. The zero-order valence-electron chi connectivity index (χ0n) is 18.8. The molecule has 0 saturated carbocycles. The van der Waals surface area contributed by atoms with Gasteiger partial charge in [-0.05, 0) is 36.8 Å². The molecule has 184 valence electrons. The number of aliphatic carboxylic acids is 1. The number of carboxylic acids is 1. The van der Waals surface area contributed by atoms with Crippen molar-refractivity contribution in [3.63, 3.8) is 0 Å². The number of halogens is 1. The third kappa shape index (κ3) is 7.71. The monoisotopic (exact) mass is 500 g/mol. The number of benzene rings is 2. The third-order valence-electron chi connectivity index (χ3n) is 5.17. The highest BCUT2D eigenvalue weighted by Crippen LogP contribution is 2.23. The predicted octanol–water partition coefficient (Wildman–Crippen LogP) is 2.56. The summed E-state index contributed by atoms with van der Waals surface area (Å²) in [6.45, 7) is 1.52. The fourth-order valence-electron chi connectivity index (χ4n) is 3.37. The maximum atomic E-state index is 12.6. The molecule has 1 aromatic heterocycles. The topological polar surface area (TPSA) is 165 Å². The molecule has 12 heteroatoms. The molecular formula is C23H25ClN6O5. The number of H-pyrrole nitrogens is 1. The lowest BCUT2D eigenvalue weighted by molar-refractivity contribution is -0.139. The van der Waals surface area contributed by atoms with Gasteiger partial charge in [0.2, 0.25) is 11.9 Å². The van der Waals surface area contributed by atoms with E-state index < -0.39 is 36.2 Å². The number of urea groups is 1. The number of anilines is 1. The lowest BCUT2D eigenvalue weighted by Crippen LogP contribution is -2.52. The van der Waals surface area contributed by atoms with Crippen LogP contribution < -0.4 is 21.5 Å². The molecule has 3 aromatic rings. The average Bonchev–Trinajstić information content (AvgIpc) is 3.23. The molecular weight excluding hydrogens is 476 g/mol. The van der Waals surface area contributed by atoms with Crippen LogP contribution in [-0.4, -0.2) is 51.4 Å². The Morgan fingerprint density at radius 1 is 1.03 bits per heavy atom. The Labute approximate surface area is 205 Å². The van der Waals surface area contributed by atoms with Gasteiger partial charge in [0.25, 0.3) is 0 Å². The second kappa shape index (κ2) is 11.8. The molecule has 0 fully saturated rings. The van der Waals surface area contributed by atoms with Crippen LogP contribution in [0.1, 0.15) is 31.2 Å². The molecule has 3 rings (SSSR count). The van der Waals surface area contributed by atoms with Crippen molar-refractivity contribution in [1.29, 1.82) is 0 Å². The number of rotatable bonds is 10. The number of hydrogen-bond acceptors (Lipinski definition) is 6. The molecule has 6 N–H and O–H groups in total. The molecule has 0 aliphatic heterocycles. The van der Waals surface area contributed by atoms with E-state index in [0.29, 0.717) is 17.5 Å². The highest BCUT2D eigenvalue weighted by Gasteiger charge is 2.21. The number of hydrogen-bond donors (Lipinski definition) is 6. The number of ketones is 1. The molecule has 0 aliphatic carbocycles. The highest BCUT2D eigenvalue weighted by molar-refractivity contribution is 6.30. The van der Waals surface area contributed by atoms with E-state index in [1.807, 2.05) is 36.4 Å². The van der Waals surface area contributed by atoms with Crippen LogP contribution in [-0.2, 0) is 14.4 Å². The van der Waals surface area contributed by atoms with Crippen molar-refractivity contribution in [2.75, 3.05) is 11.9 Å². The van der Waals surface area contributed by atoms with Gasteiger partial charge < -0.3 is 20.7 Å². The maximum Gasteiger partial charge on any atom is 0.334 e. The van der Waals surface area contributed by atoms with Crippen LogP contribution in [0.3, 0.4) is 0 Å². The number of nitrogens with zero attached hydrogens (tertiary/aromatic N) is 1. The molecule has 2 aromatic carbocycles. The highest BCUT2D eigenvalue weighted by atomic mass is 35.5. The summed E-state index contributed by atoms with van der Waals surface area (Å²) in [6, 6.07) is 12.5. The van der Waals surface area contributed by atoms with Crippen LogP contribution in [0.25, 0.3) is 11.0 Å². The number of aromatic amines is 1. The van der Waals surface area contributed by atoms with E-state index >= 15 is 0 Å². The second-order valence-corrected chi connectivity index (χ2v) is 8.28. The van der Waals surface area contributed by atoms with E-state index in [2.05, 4.69) is 31.5 Å². The van der Waals surface area contributed by atoms with Gasteiger partial charge in [-0.25, -0.2) is 15.2 Å². The second-order valence-electron chi connectivity index (χ2n) is 7.84. The Hall–Kier alpha value is -4.12. The average molecular weight is 501 g/mol. The molecule has 35 heavy (non-hydrogen) atoms. The van der Waals surface area contributed by atoms with E-state index in [4.69, 9.17) is 16.7 Å². The Bertz CT molecular complexity index is 1180. The molecule has 0 bridgehead atoms. The van der Waals surface area contributed by atoms with Crippen LogP contribution in [0.15, 0.2) is 48.5 Å². The first-order valence-corrected chi connectivity index (χ1v) is 11.1. The van der Waals surface area contributed by atoms with Crippen molar-refractivity contribution >= 4 is 52.3 Å². The van der Waals surface area contributed by atoms with E-state index in [0.717, 1.165) is 23.5 Å². The molecule has 11 nitrogen and oxygen atoms in total. The van der Waals surface area contributed by atoms with E-state index in [1.54, 1.807) is 12.1 Å². The first-order valence-electron chi connectivity index (χ1n) is 10.7. The Morgan fingerprint density at radius 2 is 1.74 bits per heavy atom. The Morgan fingerprint density at radius 3 is 2.40 bits per heavy atom. The fraction of sp³-hybridized carbons (Fsp3) is 0.261. The molecule has 0 spiro atoms. The summed E-state index contributed by atoms with van der Waals surface area (Å²) < 4.78 is 0. The van der Waals surface area contributed by atoms with Gasteiger partial charge in [0.15, 0.2) is 5.78 Å². The summed E-state index contributed by atoms with van der Waals surface area (Å²) in [4.78, 5) is 54.6. The zero-order chi connectivity index (χ0) is 25.4. The van der Waals surface area contributed by atoms with Crippen molar-refractivity contribution in [2.24, 2.45) is 0 Å². The van der Waals surface area contributed by atoms with Crippen molar-refractivity contribution < 1.29 is 24.3 Å². The van der Waals surface area contributed by atoms with Gasteiger partial charge in [-0.3, -0.25) is 19.8 Å². The summed E-state index contributed by atoms with van der Waals surface area (Å²) in [5.41, 5.74) is 6.94. The molecule has 0 aliphatic rings. The van der Waals surface area contributed by atoms with Gasteiger partial charge in [0, 0.05) is 23.9 Å². The molecule has 2 atom stereocenters. The number of Topliss-reactive ketones (excluding diaryl/α,β-unsaturated/α-hetero) is 1. The molecule has 0 radical (unpaired) electrons. The van der Waals surface area contributed by atoms with E-state index in [9.17, 15) is 19.2 Å². The van der Waals surface area contributed by atoms with Crippen molar-refractivity contribution in [3.05, 3.63) is 59.1 Å². The number of amides is 3. The number of carbonyl (C=O) groups excluding carboxylic acids is 3. The SMILES string of the molecule is CC(=O)[C@H](CC(=O)O)NC(=O)NNC(=O)CC(CNc1nc2ccccc2[nH]1)c1ccc(Cl)cc1. The smallest absolute Gasteiger partial charge is 0.334 e. The number of fused-ring (bicyclic) bond motifs is 1. The Balaban J connectivity index is 1.60. The first kappa shape index (κ1) is 25.5. The predicted molar refractivity (Wildman–Crippen MR) is 130 cm³/mol. The Kier molecular flexibility index (Phi) is 8.63. The van der Waals surface area contributed by atoms with Crippen LogP contribution in [0.5, 0.6) is 0 Å². The van der Waals surface area contributed by atoms with Gasteiger partial charge in [-0.1, -0.05) is 35.9 Å². The lowest BCUT2D eigenvalue weighted by Gasteiger charge is -2.19. The van der Waals surface area contributed by atoms with Gasteiger partial charge in [0.05, 0.1) is 23.5 Å². The minimum absolute atomic E-state index is 0.000400. The summed E-state index contributed by atoms with van der Waals surface area (Å²) in [6.07, 6.45) is -0.566. The van der Waals surface area contributed by atoms with E-state index in [-0.39, 0.29) is 12.3 Å². The van der Waals surface area contributed by atoms with Crippen molar-refractivity contribution in [2.45, 2.75) is 31.7 Å². The van der Waals surface area contributed by atoms with Crippen LogP contribution in [0, 0.1) is 0 Å². The zero-order valence-corrected chi connectivity index (χ0v) is 19.6. The summed E-state index contributed by atoms with van der Waals surface area (Å²) in [7, 11) is 0. The number of carbonyl (C=O) groups is 4. The lowest BCUT2D eigenvalue weighted by atomic mass is 9.95. The molecule has 1 unspecified atom stereocenters. The van der Waals surface area contributed by atoms with Crippen LogP contribution in [0.2, 0.25) is 5.02 Å². The molecule has 0 saturated heterocycles.